The predicted octanol–water partition coefficient (Wildman–Crippen LogP) is 3.20. The maximum Gasteiger partial charge on any atom is 0.0236 e. The molecule has 0 radical (unpaired) electrons. The fourth-order valence-electron chi connectivity index (χ4n) is 3.05. The molecule has 0 aliphatic carbocycles. The fraction of sp³-hybridized carbons (Fsp3) is 0.444. The smallest absolute Gasteiger partial charge is 0.0236 e. The van der Waals surface area contributed by atoms with Crippen LogP contribution in [0.15, 0.2) is 47.2 Å². The van der Waals surface area contributed by atoms with Crippen molar-refractivity contribution in [2.24, 2.45) is 0 Å². The Bertz CT molecular complexity index is 523. The van der Waals surface area contributed by atoms with E-state index in [-0.39, 0.29) is 0 Å². The Kier molecular flexibility index (Phi) is 5.07. The van der Waals surface area contributed by atoms with E-state index in [4.69, 9.17) is 0 Å². The number of hydrogen-bond donors (Lipinski definition) is 1. The molecule has 0 saturated carbocycles. The molecule has 112 valence electrons. The molecule has 3 heteroatoms. The van der Waals surface area contributed by atoms with Crippen molar-refractivity contribution in [2.75, 3.05) is 19.6 Å². The molecule has 1 aromatic heterocycles. The third-order valence-electron chi connectivity index (χ3n) is 4.37. The minimum absolute atomic E-state index is 0.575. The first kappa shape index (κ1) is 14.8. The summed E-state index contributed by atoms with van der Waals surface area (Å²) in [6.07, 6.45) is 2.30. The van der Waals surface area contributed by atoms with Crippen LogP contribution in [0.5, 0.6) is 0 Å². The van der Waals surface area contributed by atoms with Crippen LogP contribution in [0.4, 0.5) is 0 Å². The van der Waals surface area contributed by atoms with E-state index in [0.29, 0.717) is 12.1 Å². The molecular weight excluding hydrogens is 276 g/mol. The normalized spacial score (nSPS) is 23.3. The summed E-state index contributed by atoms with van der Waals surface area (Å²) in [5.41, 5.74) is 2.91. The van der Waals surface area contributed by atoms with E-state index in [0.717, 1.165) is 19.5 Å². The van der Waals surface area contributed by atoms with Crippen LogP contribution in [0, 0.1) is 0 Å². The molecule has 2 heterocycles. The molecule has 1 aliphatic heterocycles. The second-order valence-corrected chi connectivity index (χ2v) is 6.80. The third-order valence-corrected chi connectivity index (χ3v) is 5.10. The summed E-state index contributed by atoms with van der Waals surface area (Å²) in [5, 5.41) is 8.15. The summed E-state index contributed by atoms with van der Waals surface area (Å²) in [6.45, 7) is 5.76. The number of benzene rings is 1. The van der Waals surface area contributed by atoms with Gasteiger partial charge in [-0.1, -0.05) is 30.3 Å². The van der Waals surface area contributed by atoms with E-state index in [1.807, 2.05) is 0 Å². The maximum absolute atomic E-state index is 3.70. The van der Waals surface area contributed by atoms with Crippen LogP contribution in [0.2, 0.25) is 0 Å². The van der Waals surface area contributed by atoms with Gasteiger partial charge in [0, 0.05) is 31.7 Å². The quantitative estimate of drug-likeness (QED) is 0.912. The molecular formula is C18H24N2S. The van der Waals surface area contributed by atoms with Crippen molar-refractivity contribution in [3.8, 4) is 0 Å². The lowest BCUT2D eigenvalue weighted by Gasteiger charge is -2.39. The number of nitrogens with zero attached hydrogens (tertiary/aromatic N) is 1. The van der Waals surface area contributed by atoms with Gasteiger partial charge in [0.2, 0.25) is 0 Å². The first-order valence-corrected chi connectivity index (χ1v) is 8.78. The number of nitrogens with one attached hydrogen (secondary N) is 1. The van der Waals surface area contributed by atoms with Crippen molar-refractivity contribution in [3.63, 3.8) is 0 Å². The minimum atomic E-state index is 0.575. The molecule has 0 spiro atoms. The Morgan fingerprint density at radius 2 is 2.05 bits per heavy atom. The van der Waals surface area contributed by atoms with Gasteiger partial charge in [0.1, 0.15) is 0 Å². The SMILES string of the molecule is CC1CNC(Cc2ccccc2)CN1CCc1ccsc1. The molecule has 1 N–H and O–H groups in total. The standard InChI is InChI=1S/C18H24N2S/c1-15-12-19-18(11-16-5-3-2-4-6-16)13-20(15)9-7-17-8-10-21-14-17/h2-6,8,10,14-15,18-19H,7,9,11-13H2,1H3. The Hall–Kier alpha value is -1.16. The Labute approximate surface area is 131 Å². The zero-order chi connectivity index (χ0) is 14.5. The summed E-state index contributed by atoms with van der Waals surface area (Å²) < 4.78 is 0. The van der Waals surface area contributed by atoms with Gasteiger partial charge in [-0.2, -0.15) is 11.3 Å². The first-order valence-electron chi connectivity index (χ1n) is 7.83. The topological polar surface area (TPSA) is 15.3 Å². The Morgan fingerprint density at radius 1 is 1.19 bits per heavy atom. The van der Waals surface area contributed by atoms with Crippen LogP contribution in [-0.2, 0) is 12.8 Å². The summed E-state index contributed by atoms with van der Waals surface area (Å²) in [7, 11) is 0. The highest BCUT2D eigenvalue weighted by atomic mass is 32.1. The Morgan fingerprint density at radius 3 is 2.81 bits per heavy atom. The number of thiophene rings is 1. The molecule has 2 aromatic rings. The lowest BCUT2D eigenvalue weighted by Crippen LogP contribution is -2.56. The number of rotatable bonds is 5. The average molecular weight is 300 g/mol. The van der Waals surface area contributed by atoms with Crippen molar-refractivity contribution in [3.05, 3.63) is 58.3 Å². The van der Waals surface area contributed by atoms with Crippen LogP contribution in [0.1, 0.15) is 18.1 Å². The van der Waals surface area contributed by atoms with Crippen molar-refractivity contribution in [1.29, 1.82) is 0 Å². The molecule has 2 atom stereocenters. The van der Waals surface area contributed by atoms with E-state index in [1.54, 1.807) is 11.3 Å². The minimum Gasteiger partial charge on any atom is -0.311 e. The molecule has 2 nitrogen and oxygen atoms in total. The monoisotopic (exact) mass is 300 g/mol. The molecule has 1 saturated heterocycles. The van der Waals surface area contributed by atoms with Gasteiger partial charge < -0.3 is 5.32 Å². The van der Waals surface area contributed by atoms with Crippen molar-refractivity contribution in [1.82, 2.24) is 10.2 Å². The Balaban J connectivity index is 1.54. The molecule has 1 fully saturated rings. The predicted molar refractivity (Wildman–Crippen MR) is 91.0 cm³/mol. The second-order valence-electron chi connectivity index (χ2n) is 6.02. The van der Waals surface area contributed by atoms with Crippen LogP contribution in [0.25, 0.3) is 0 Å². The van der Waals surface area contributed by atoms with Gasteiger partial charge in [-0.05, 0) is 47.7 Å². The van der Waals surface area contributed by atoms with Gasteiger partial charge in [-0.15, -0.1) is 0 Å². The molecule has 2 unspecified atom stereocenters. The lowest BCUT2D eigenvalue weighted by molar-refractivity contribution is 0.142. The van der Waals surface area contributed by atoms with Crippen molar-refractivity contribution < 1.29 is 0 Å². The van der Waals surface area contributed by atoms with E-state index >= 15 is 0 Å². The van der Waals surface area contributed by atoms with Crippen LogP contribution in [-0.4, -0.2) is 36.6 Å². The highest BCUT2D eigenvalue weighted by molar-refractivity contribution is 7.07. The summed E-state index contributed by atoms with van der Waals surface area (Å²) in [6, 6.07) is 14.3. The highest BCUT2D eigenvalue weighted by Gasteiger charge is 2.24. The third kappa shape index (κ3) is 4.16. The van der Waals surface area contributed by atoms with Crippen LogP contribution < -0.4 is 5.32 Å². The van der Waals surface area contributed by atoms with Crippen LogP contribution >= 0.6 is 11.3 Å². The lowest BCUT2D eigenvalue weighted by atomic mass is 10.0. The van der Waals surface area contributed by atoms with Crippen molar-refractivity contribution in [2.45, 2.75) is 31.8 Å². The van der Waals surface area contributed by atoms with Gasteiger partial charge in [0.05, 0.1) is 0 Å². The molecule has 21 heavy (non-hydrogen) atoms. The van der Waals surface area contributed by atoms with Gasteiger partial charge in [-0.3, -0.25) is 4.90 Å². The molecule has 1 aliphatic rings. The molecule has 0 bridgehead atoms. The fourth-order valence-corrected chi connectivity index (χ4v) is 3.75. The van der Waals surface area contributed by atoms with Crippen LogP contribution in [0.3, 0.4) is 0 Å². The van der Waals surface area contributed by atoms with Crippen molar-refractivity contribution >= 4 is 11.3 Å². The van der Waals surface area contributed by atoms with Gasteiger partial charge in [0.15, 0.2) is 0 Å². The summed E-state index contributed by atoms with van der Waals surface area (Å²) in [4.78, 5) is 2.64. The molecule has 3 rings (SSSR count). The first-order chi connectivity index (χ1) is 10.3. The van der Waals surface area contributed by atoms with E-state index < -0.39 is 0 Å². The van der Waals surface area contributed by atoms with E-state index in [9.17, 15) is 0 Å². The molecule has 1 aromatic carbocycles. The average Bonchev–Trinajstić information content (AvgIpc) is 3.02. The highest BCUT2D eigenvalue weighted by Crippen LogP contribution is 2.13. The summed E-state index contributed by atoms with van der Waals surface area (Å²) in [5.74, 6) is 0. The number of piperazine rings is 1. The largest absolute Gasteiger partial charge is 0.311 e. The number of hydrogen-bond acceptors (Lipinski definition) is 3. The molecule has 0 amide bonds. The van der Waals surface area contributed by atoms with E-state index in [2.05, 4.69) is 64.3 Å². The van der Waals surface area contributed by atoms with E-state index in [1.165, 1.54) is 24.1 Å². The van der Waals surface area contributed by atoms with Gasteiger partial charge in [-0.25, -0.2) is 0 Å². The second kappa shape index (κ2) is 7.21. The summed E-state index contributed by atoms with van der Waals surface area (Å²) >= 11 is 1.80. The van der Waals surface area contributed by atoms with Gasteiger partial charge >= 0.3 is 0 Å². The van der Waals surface area contributed by atoms with Gasteiger partial charge in [0.25, 0.3) is 0 Å². The zero-order valence-corrected chi connectivity index (χ0v) is 13.5. The maximum atomic E-state index is 3.70. The zero-order valence-electron chi connectivity index (χ0n) is 12.7.